The van der Waals surface area contributed by atoms with Gasteiger partial charge in [0.2, 0.25) is 0 Å². The number of unbranched alkanes of at least 4 members (excludes halogenated alkanes) is 1. The molecule has 0 unspecified atom stereocenters. The van der Waals surface area contributed by atoms with Crippen molar-refractivity contribution in [2.75, 3.05) is 18.0 Å². The average molecular weight is 374 g/mol. The number of nitrogens with zero attached hydrogens (tertiary/aromatic N) is 3. The molecule has 28 heavy (non-hydrogen) atoms. The van der Waals surface area contributed by atoms with Crippen molar-refractivity contribution in [2.45, 2.75) is 45.4 Å². The van der Waals surface area contributed by atoms with E-state index in [-0.39, 0.29) is 0 Å². The fourth-order valence-corrected chi connectivity index (χ4v) is 4.41. The molecule has 2 aromatic rings. The summed E-state index contributed by atoms with van der Waals surface area (Å²) in [5.74, 6) is 4.40. The van der Waals surface area contributed by atoms with Crippen LogP contribution in [0.2, 0.25) is 0 Å². The summed E-state index contributed by atoms with van der Waals surface area (Å²) in [7, 11) is 0. The lowest BCUT2D eigenvalue weighted by Gasteiger charge is -2.38. The van der Waals surface area contributed by atoms with E-state index >= 15 is 0 Å². The van der Waals surface area contributed by atoms with E-state index in [0.29, 0.717) is 0 Å². The number of aliphatic imine (C=N–C) groups is 1. The SMILES string of the molecule is CCCCc1cccc2c1Oc1ccccc1N2C1=CCCN1C1=NCCC1. The van der Waals surface area contributed by atoms with Crippen molar-refractivity contribution in [3.63, 3.8) is 0 Å². The molecule has 0 saturated carbocycles. The monoisotopic (exact) mass is 373 g/mol. The van der Waals surface area contributed by atoms with Gasteiger partial charge in [-0.2, -0.15) is 0 Å². The molecule has 0 bridgehead atoms. The quantitative estimate of drug-likeness (QED) is 0.657. The zero-order valence-corrected chi connectivity index (χ0v) is 16.5. The number of para-hydroxylation sites is 3. The van der Waals surface area contributed by atoms with Crippen LogP contribution in [0.25, 0.3) is 0 Å². The van der Waals surface area contributed by atoms with Crippen LogP contribution in [0.3, 0.4) is 0 Å². The maximum Gasteiger partial charge on any atom is 0.154 e. The number of benzene rings is 2. The summed E-state index contributed by atoms with van der Waals surface area (Å²) in [5, 5.41) is 0. The maximum absolute atomic E-state index is 6.44. The summed E-state index contributed by atoms with van der Waals surface area (Å²) < 4.78 is 6.44. The highest BCUT2D eigenvalue weighted by Crippen LogP contribution is 2.51. The Balaban J connectivity index is 1.62. The van der Waals surface area contributed by atoms with Crippen LogP contribution in [0.5, 0.6) is 11.5 Å². The Hall–Kier alpha value is -2.75. The van der Waals surface area contributed by atoms with Crippen LogP contribution in [0, 0.1) is 0 Å². The molecule has 4 heteroatoms. The highest BCUT2D eigenvalue weighted by molar-refractivity contribution is 5.89. The van der Waals surface area contributed by atoms with Gasteiger partial charge in [0.15, 0.2) is 11.5 Å². The number of aryl methyl sites for hydroxylation is 1. The Bertz CT molecular complexity index is 947. The lowest BCUT2D eigenvalue weighted by Crippen LogP contribution is -2.35. The number of amidine groups is 1. The van der Waals surface area contributed by atoms with Gasteiger partial charge in [0.1, 0.15) is 11.7 Å². The Kier molecular flexibility index (Phi) is 4.55. The van der Waals surface area contributed by atoms with E-state index in [1.165, 1.54) is 30.1 Å². The van der Waals surface area contributed by atoms with Gasteiger partial charge in [-0.15, -0.1) is 0 Å². The zero-order valence-electron chi connectivity index (χ0n) is 16.5. The molecule has 0 saturated heterocycles. The molecule has 5 rings (SSSR count). The van der Waals surface area contributed by atoms with E-state index in [4.69, 9.17) is 9.73 Å². The Morgan fingerprint density at radius 1 is 1.07 bits per heavy atom. The number of rotatable bonds is 4. The molecule has 3 heterocycles. The highest BCUT2D eigenvalue weighted by Gasteiger charge is 2.34. The smallest absolute Gasteiger partial charge is 0.154 e. The second-order valence-corrected chi connectivity index (χ2v) is 7.68. The number of anilines is 2. The Morgan fingerprint density at radius 3 is 2.82 bits per heavy atom. The number of hydrogen-bond acceptors (Lipinski definition) is 4. The molecule has 0 aromatic heterocycles. The number of fused-ring (bicyclic) bond motifs is 2. The minimum Gasteiger partial charge on any atom is -0.453 e. The lowest BCUT2D eigenvalue weighted by molar-refractivity contribution is 0.461. The number of hydrogen-bond donors (Lipinski definition) is 0. The molecule has 0 atom stereocenters. The van der Waals surface area contributed by atoms with Gasteiger partial charge in [-0.05, 0) is 55.5 Å². The molecule has 0 radical (unpaired) electrons. The van der Waals surface area contributed by atoms with E-state index in [9.17, 15) is 0 Å². The van der Waals surface area contributed by atoms with Crippen LogP contribution in [0.1, 0.15) is 44.6 Å². The van der Waals surface area contributed by atoms with Gasteiger partial charge >= 0.3 is 0 Å². The fourth-order valence-electron chi connectivity index (χ4n) is 4.41. The summed E-state index contributed by atoms with van der Waals surface area (Å²) in [4.78, 5) is 9.58. The highest BCUT2D eigenvalue weighted by atomic mass is 16.5. The minimum atomic E-state index is 0.931. The molecule has 0 amide bonds. The van der Waals surface area contributed by atoms with Crippen molar-refractivity contribution >= 4 is 17.2 Å². The molecule has 3 aliphatic heterocycles. The van der Waals surface area contributed by atoms with Crippen molar-refractivity contribution in [3.05, 3.63) is 59.9 Å². The molecular weight excluding hydrogens is 346 g/mol. The third-order valence-electron chi connectivity index (χ3n) is 5.78. The van der Waals surface area contributed by atoms with Gasteiger partial charge in [-0.3, -0.25) is 9.89 Å². The van der Waals surface area contributed by atoms with Crippen LogP contribution >= 0.6 is 0 Å². The topological polar surface area (TPSA) is 28.1 Å². The maximum atomic E-state index is 6.44. The van der Waals surface area contributed by atoms with E-state index in [2.05, 4.69) is 65.3 Å². The summed E-state index contributed by atoms with van der Waals surface area (Å²) in [5.41, 5.74) is 3.55. The zero-order chi connectivity index (χ0) is 18.9. The predicted octanol–water partition coefficient (Wildman–Crippen LogP) is 6.01. The van der Waals surface area contributed by atoms with Crippen LogP contribution < -0.4 is 9.64 Å². The molecule has 3 aliphatic rings. The van der Waals surface area contributed by atoms with Gasteiger partial charge in [-0.1, -0.05) is 37.6 Å². The fraction of sp³-hybridized carbons (Fsp3) is 0.375. The summed E-state index contributed by atoms with van der Waals surface area (Å²) in [6.45, 7) is 4.20. The first-order valence-corrected chi connectivity index (χ1v) is 10.6. The van der Waals surface area contributed by atoms with Gasteiger partial charge in [-0.25, -0.2) is 0 Å². The van der Waals surface area contributed by atoms with Crippen LogP contribution in [0.4, 0.5) is 11.4 Å². The molecule has 144 valence electrons. The minimum absolute atomic E-state index is 0.931. The van der Waals surface area contributed by atoms with Crippen molar-refractivity contribution in [1.29, 1.82) is 0 Å². The molecule has 0 fully saturated rings. The van der Waals surface area contributed by atoms with E-state index in [1.807, 2.05) is 0 Å². The molecule has 0 spiro atoms. The van der Waals surface area contributed by atoms with Gasteiger partial charge in [0.05, 0.1) is 11.4 Å². The third-order valence-corrected chi connectivity index (χ3v) is 5.78. The predicted molar refractivity (Wildman–Crippen MR) is 115 cm³/mol. The van der Waals surface area contributed by atoms with E-state index in [0.717, 1.165) is 61.6 Å². The van der Waals surface area contributed by atoms with Crippen molar-refractivity contribution < 1.29 is 4.74 Å². The third kappa shape index (κ3) is 2.88. The Labute approximate surface area is 167 Å². The summed E-state index contributed by atoms with van der Waals surface area (Å²) in [6, 6.07) is 14.9. The van der Waals surface area contributed by atoms with Gasteiger partial charge in [0, 0.05) is 19.5 Å². The first-order chi connectivity index (χ1) is 13.9. The second-order valence-electron chi connectivity index (χ2n) is 7.68. The van der Waals surface area contributed by atoms with Crippen molar-refractivity contribution in [1.82, 2.24) is 4.90 Å². The van der Waals surface area contributed by atoms with Gasteiger partial charge in [0.25, 0.3) is 0 Å². The lowest BCUT2D eigenvalue weighted by atomic mass is 10.0. The normalized spacial score (nSPS) is 17.8. The van der Waals surface area contributed by atoms with Crippen LogP contribution in [-0.4, -0.2) is 23.8 Å². The molecule has 0 aliphatic carbocycles. The standard InChI is InChI=1S/C24H27N3O/c1-2-3-9-18-10-6-12-20-24(18)28-21-13-5-4-11-19(21)27(20)23-15-8-17-26(23)22-14-7-16-25-22/h4-6,10-13,15H,2-3,7-9,14,16-17H2,1H3. The molecule has 4 nitrogen and oxygen atoms in total. The largest absolute Gasteiger partial charge is 0.453 e. The van der Waals surface area contributed by atoms with Crippen molar-refractivity contribution in [3.8, 4) is 11.5 Å². The molecule has 0 N–H and O–H groups in total. The summed E-state index contributed by atoms with van der Waals surface area (Å²) in [6.07, 6.45) is 9.05. The van der Waals surface area contributed by atoms with Crippen molar-refractivity contribution in [2.24, 2.45) is 4.99 Å². The summed E-state index contributed by atoms with van der Waals surface area (Å²) >= 11 is 0. The number of ether oxygens (including phenoxy) is 1. The van der Waals surface area contributed by atoms with Crippen LogP contribution in [-0.2, 0) is 6.42 Å². The van der Waals surface area contributed by atoms with E-state index < -0.39 is 0 Å². The molecular formula is C24H27N3O. The first kappa shape index (κ1) is 17.4. The van der Waals surface area contributed by atoms with E-state index in [1.54, 1.807) is 0 Å². The van der Waals surface area contributed by atoms with Gasteiger partial charge < -0.3 is 9.64 Å². The Morgan fingerprint density at radius 2 is 1.96 bits per heavy atom. The first-order valence-electron chi connectivity index (χ1n) is 10.6. The second kappa shape index (κ2) is 7.34. The molecule has 2 aromatic carbocycles. The van der Waals surface area contributed by atoms with Crippen LogP contribution in [0.15, 0.2) is 59.4 Å². The average Bonchev–Trinajstić information content (AvgIpc) is 3.42.